The summed E-state index contributed by atoms with van der Waals surface area (Å²) in [5.41, 5.74) is 0.934. The number of carbonyl (C=O) groups excluding carboxylic acids is 2. The zero-order chi connectivity index (χ0) is 24.6. The minimum atomic E-state index is -4.56. The summed E-state index contributed by atoms with van der Waals surface area (Å²) in [6.07, 6.45) is -0.209. The van der Waals surface area contributed by atoms with Crippen LogP contribution in [0.15, 0.2) is 42.6 Å². The molecule has 186 valence electrons. The first-order valence-electron chi connectivity index (χ1n) is 11.7. The van der Waals surface area contributed by atoms with E-state index in [2.05, 4.69) is 20.5 Å². The van der Waals surface area contributed by atoms with Crippen molar-refractivity contribution in [2.75, 3.05) is 34.9 Å². The van der Waals surface area contributed by atoms with Crippen molar-refractivity contribution in [3.05, 3.63) is 48.3 Å². The van der Waals surface area contributed by atoms with Crippen molar-refractivity contribution in [2.45, 2.75) is 50.0 Å². The van der Waals surface area contributed by atoms with E-state index in [0.29, 0.717) is 31.5 Å². The van der Waals surface area contributed by atoms with Gasteiger partial charge in [-0.15, -0.1) is 0 Å². The third kappa shape index (κ3) is 4.90. The molecule has 5 rings (SSSR count). The molecule has 1 aromatic carbocycles. The summed E-state index contributed by atoms with van der Waals surface area (Å²) in [4.78, 5) is 32.9. The number of amides is 3. The van der Waals surface area contributed by atoms with E-state index in [-0.39, 0.29) is 11.6 Å². The maximum Gasteiger partial charge on any atom is 0.433 e. The lowest BCUT2D eigenvalue weighted by Gasteiger charge is -2.37. The zero-order valence-electron chi connectivity index (χ0n) is 18.9. The number of ether oxygens (including phenoxy) is 1. The number of aromatic nitrogens is 1. The predicted molar refractivity (Wildman–Crippen MR) is 123 cm³/mol. The maximum atomic E-state index is 13.1. The van der Waals surface area contributed by atoms with Crippen molar-refractivity contribution in [3.8, 4) is 0 Å². The van der Waals surface area contributed by atoms with Gasteiger partial charge in [-0.1, -0.05) is 0 Å². The van der Waals surface area contributed by atoms with E-state index >= 15 is 0 Å². The minimum Gasteiger partial charge on any atom is -0.377 e. The molecule has 0 spiro atoms. The number of alkyl halides is 3. The number of nitrogens with zero attached hydrogens (tertiary/aromatic N) is 3. The molecule has 2 N–H and O–H groups in total. The summed E-state index contributed by atoms with van der Waals surface area (Å²) in [6.45, 7) is 2.02. The van der Waals surface area contributed by atoms with Gasteiger partial charge < -0.3 is 25.2 Å². The Kier molecular flexibility index (Phi) is 6.26. The number of fused-ring (bicyclic) bond motifs is 2. The van der Waals surface area contributed by atoms with Gasteiger partial charge in [-0.25, -0.2) is 9.78 Å². The number of urea groups is 1. The van der Waals surface area contributed by atoms with E-state index in [4.69, 9.17) is 4.74 Å². The second kappa shape index (κ2) is 9.37. The number of nitrogens with one attached hydrogen (secondary N) is 2. The number of morpholine rings is 1. The number of hydrogen-bond acceptors (Lipinski definition) is 5. The molecule has 1 aromatic heterocycles. The Morgan fingerprint density at radius 3 is 2.31 bits per heavy atom. The van der Waals surface area contributed by atoms with E-state index in [1.165, 1.54) is 0 Å². The molecule has 35 heavy (non-hydrogen) atoms. The summed E-state index contributed by atoms with van der Waals surface area (Å²) in [7, 11) is 0. The van der Waals surface area contributed by atoms with Gasteiger partial charge in [-0.3, -0.25) is 4.79 Å². The van der Waals surface area contributed by atoms with Crippen LogP contribution in [0.25, 0.3) is 0 Å². The minimum absolute atomic E-state index is 0.100. The molecule has 3 amide bonds. The molecule has 0 unspecified atom stereocenters. The van der Waals surface area contributed by atoms with E-state index in [1.807, 2.05) is 24.3 Å². The van der Waals surface area contributed by atoms with Gasteiger partial charge in [0.25, 0.3) is 0 Å². The topological polar surface area (TPSA) is 86.8 Å². The standard InChI is InChI=1S/C24H26F3N5O3/c25-24(26,27)21-10-3-15(12-28-21)29-23(34)30-20-2-1-11-31(22(20)33)16-4-6-17(7-5-16)32-18-8-9-19(32)14-35-13-18/h3-7,10,12,18-20H,1-2,8-9,11,13-14H2,(H2,29,30,34)/t18-,19+,20-/m1/s1. The fourth-order valence-electron chi connectivity index (χ4n) is 5.08. The van der Waals surface area contributed by atoms with Crippen LogP contribution in [-0.4, -0.2) is 54.8 Å². The Morgan fingerprint density at radius 1 is 1.00 bits per heavy atom. The molecule has 11 heteroatoms. The predicted octanol–water partition coefficient (Wildman–Crippen LogP) is 3.79. The smallest absolute Gasteiger partial charge is 0.377 e. The lowest BCUT2D eigenvalue weighted by atomic mass is 10.0. The van der Waals surface area contributed by atoms with E-state index in [0.717, 1.165) is 55.8 Å². The Labute approximate surface area is 200 Å². The van der Waals surface area contributed by atoms with Crippen LogP contribution in [0.5, 0.6) is 0 Å². The highest BCUT2D eigenvalue weighted by Crippen LogP contribution is 2.35. The average Bonchev–Trinajstić information content (AvgIpc) is 3.08. The van der Waals surface area contributed by atoms with Crippen LogP contribution in [0.3, 0.4) is 0 Å². The molecule has 3 aliphatic rings. The third-order valence-corrected chi connectivity index (χ3v) is 6.76. The van der Waals surface area contributed by atoms with Gasteiger partial charge in [0.1, 0.15) is 11.7 Å². The number of benzene rings is 1. The first kappa shape index (κ1) is 23.4. The molecule has 3 saturated heterocycles. The first-order chi connectivity index (χ1) is 16.8. The van der Waals surface area contributed by atoms with Gasteiger partial charge in [0, 0.05) is 17.9 Å². The number of hydrogen-bond donors (Lipinski definition) is 2. The Hall–Kier alpha value is -3.34. The summed E-state index contributed by atoms with van der Waals surface area (Å²) < 4.78 is 43.6. The molecule has 4 heterocycles. The number of carbonyl (C=O) groups is 2. The van der Waals surface area contributed by atoms with Gasteiger partial charge in [0.05, 0.1) is 37.2 Å². The molecule has 3 fully saturated rings. The van der Waals surface area contributed by atoms with Crippen LogP contribution < -0.4 is 20.4 Å². The highest BCUT2D eigenvalue weighted by Gasteiger charge is 2.38. The van der Waals surface area contributed by atoms with E-state index in [9.17, 15) is 22.8 Å². The van der Waals surface area contributed by atoms with Gasteiger partial charge in [-0.2, -0.15) is 13.2 Å². The van der Waals surface area contributed by atoms with Gasteiger partial charge in [-0.05, 0) is 62.1 Å². The molecular weight excluding hydrogens is 463 g/mol. The monoisotopic (exact) mass is 489 g/mol. The number of rotatable bonds is 4. The van der Waals surface area contributed by atoms with Gasteiger partial charge >= 0.3 is 12.2 Å². The van der Waals surface area contributed by atoms with Crippen molar-refractivity contribution in [1.82, 2.24) is 10.3 Å². The van der Waals surface area contributed by atoms with Crippen LogP contribution in [-0.2, 0) is 15.7 Å². The largest absolute Gasteiger partial charge is 0.433 e. The number of anilines is 3. The number of piperidine rings is 1. The van der Waals surface area contributed by atoms with Crippen LogP contribution in [0.2, 0.25) is 0 Å². The van der Waals surface area contributed by atoms with Gasteiger partial charge in [0.2, 0.25) is 5.91 Å². The maximum absolute atomic E-state index is 13.1. The molecule has 3 atom stereocenters. The Morgan fingerprint density at radius 2 is 1.69 bits per heavy atom. The molecule has 2 bridgehead atoms. The first-order valence-corrected chi connectivity index (χ1v) is 11.7. The molecular formula is C24H26F3N5O3. The SMILES string of the molecule is O=C(Nc1ccc(C(F)(F)F)nc1)N[C@@H]1CCCN(c2ccc(N3[C@@H]4CC[C@H]3COC4)cc2)C1=O. The molecule has 3 aliphatic heterocycles. The number of halogens is 3. The van der Waals surface area contributed by atoms with Crippen LogP contribution in [0.1, 0.15) is 31.4 Å². The Bertz CT molecular complexity index is 1060. The van der Waals surface area contributed by atoms with E-state index < -0.39 is 23.9 Å². The fraction of sp³-hybridized carbons (Fsp3) is 0.458. The van der Waals surface area contributed by atoms with E-state index in [1.54, 1.807) is 4.90 Å². The quantitative estimate of drug-likeness (QED) is 0.683. The second-order valence-electron chi connectivity index (χ2n) is 9.06. The summed E-state index contributed by atoms with van der Waals surface area (Å²) in [6, 6.07) is 9.19. The summed E-state index contributed by atoms with van der Waals surface area (Å²) in [5.74, 6) is -0.226. The van der Waals surface area contributed by atoms with Crippen molar-refractivity contribution in [3.63, 3.8) is 0 Å². The molecule has 2 aromatic rings. The van der Waals surface area contributed by atoms with Crippen LogP contribution >= 0.6 is 0 Å². The average molecular weight is 489 g/mol. The lowest BCUT2D eigenvalue weighted by Crippen LogP contribution is -2.53. The van der Waals surface area contributed by atoms with Crippen LogP contribution in [0, 0.1) is 0 Å². The van der Waals surface area contributed by atoms with Crippen molar-refractivity contribution < 1.29 is 27.5 Å². The third-order valence-electron chi connectivity index (χ3n) is 6.76. The highest BCUT2D eigenvalue weighted by atomic mass is 19.4. The van der Waals surface area contributed by atoms with Crippen molar-refractivity contribution in [1.29, 1.82) is 0 Å². The van der Waals surface area contributed by atoms with Crippen molar-refractivity contribution in [2.24, 2.45) is 0 Å². The molecule has 0 saturated carbocycles. The number of pyridine rings is 1. The molecule has 0 aliphatic carbocycles. The highest BCUT2D eigenvalue weighted by molar-refractivity contribution is 6.01. The summed E-state index contributed by atoms with van der Waals surface area (Å²) >= 11 is 0. The van der Waals surface area contributed by atoms with Crippen molar-refractivity contribution >= 4 is 29.0 Å². The fourth-order valence-corrected chi connectivity index (χ4v) is 5.08. The normalized spacial score (nSPS) is 24.4. The van der Waals surface area contributed by atoms with Gasteiger partial charge in [0.15, 0.2) is 0 Å². The summed E-state index contributed by atoms with van der Waals surface area (Å²) in [5, 5.41) is 5.07. The molecule has 0 radical (unpaired) electrons. The zero-order valence-corrected chi connectivity index (χ0v) is 18.9. The molecule has 8 nitrogen and oxygen atoms in total. The Balaban J connectivity index is 1.20. The second-order valence-corrected chi connectivity index (χ2v) is 9.06. The van der Waals surface area contributed by atoms with Crippen LogP contribution in [0.4, 0.5) is 35.0 Å². The lowest BCUT2D eigenvalue weighted by molar-refractivity contribution is -0.141.